The van der Waals surface area contributed by atoms with Gasteiger partial charge in [-0.3, -0.25) is 0 Å². The molecule has 1 aliphatic heterocycles. The second kappa shape index (κ2) is 6.44. The molecule has 2 rings (SSSR count). The zero-order valence-corrected chi connectivity index (χ0v) is 14.1. The lowest BCUT2D eigenvalue weighted by atomic mass is 9.81. The molecule has 1 aromatic carbocycles. The first-order chi connectivity index (χ1) is 10.5. The molecule has 0 saturated carbocycles. The van der Waals surface area contributed by atoms with E-state index in [0.717, 1.165) is 56.6 Å². The SMILES string of the molecule is CC1(O)CCN(CCC(C)(C)c2ccc(C(F)(F)F)cc2)CC1. The van der Waals surface area contributed by atoms with Gasteiger partial charge in [0, 0.05) is 13.1 Å². The van der Waals surface area contributed by atoms with Gasteiger partial charge in [-0.05, 0) is 55.8 Å². The lowest BCUT2D eigenvalue weighted by molar-refractivity contribution is -0.137. The van der Waals surface area contributed by atoms with Gasteiger partial charge < -0.3 is 10.0 Å². The Kier molecular flexibility index (Phi) is 5.12. The van der Waals surface area contributed by atoms with Crippen LogP contribution in [-0.2, 0) is 11.6 Å². The lowest BCUT2D eigenvalue weighted by Gasteiger charge is -2.37. The molecule has 0 unspecified atom stereocenters. The van der Waals surface area contributed by atoms with E-state index in [1.54, 1.807) is 12.1 Å². The van der Waals surface area contributed by atoms with Crippen LogP contribution in [0.25, 0.3) is 0 Å². The molecule has 2 nitrogen and oxygen atoms in total. The highest BCUT2D eigenvalue weighted by molar-refractivity contribution is 5.29. The molecule has 0 spiro atoms. The molecule has 1 aliphatic rings. The number of rotatable bonds is 4. The molecule has 1 aromatic rings. The Hall–Kier alpha value is -1.07. The predicted molar refractivity (Wildman–Crippen MR) is 85.4 cm³/mol. The number of hydrogen-bond acceptors (Lipinski definition) is 2. The summed E-state index contributed by atoms with van der Waals surface area (Å²) in [5.41, 5.74) is -0.409. The van der Waals surface area contributed by atoms with Gasteiger partial charge in [-0.15, -0.1) is 0 Å². The van der Waals surface area contributed by atoms with Gasteiger partial charge in [0.2, 0.25) is 0 Å². The Bertz CT molecular complexity index is 510. The normalized spacial score (nSPS) is 19.8. The number of alkyl halides is 3. The van der Waals surface area contributed by atoms with E-state index in [1.165, 1.54) is 0 Å². The van der Waals surface area contributed by atoms with Crippen molar-refractivity contribution in [3.8, 4) is 0 Å². The summed E-state index contributed by atoms with van der Waals surface area (Å²) in [6, 6.07) is 5.50. The summed E-state index contributed by atoms with van der Waals surface area (Å²) in [6.45, 7) is 8.64. The van der Waals surface area contributed by atoms with Gasteiger partial charge >= 0.3 is 6.18 Å². The maximum Gasteiger partial charge on any atom is 0.416 e. The fraction of sp³-hybridized carbons (Fsp3) is 0.667. The van der Waals surface area contributed by atoms with Crippen LogP contribution in [0.4, 0.5) is 13.2 Å². The molecule has 1 saturated heterocycles. The molecule has 0 aliphatic carbocycles. The van der Waals surface area contributed by atoms with Gasteiger partial charge in [0.1, 0.15) is 0 Å². The number of nitrogens with zero attached hydrogens (tertiary/aromatic N) is 1. The topological polar surface area (TPSA) is 23.5 Å². The smallest absolute Gasteiger partial charge is 0.390 e. The Balaban J connectivity index is 1.94. The third kappa shape index (κ3) is 4.95. The molecular formula is C18H26F3NO. The number of benzene rings is 1. The molecule has 0 amide bonds. The quantitative estimate of drug-likeness (QED) is 0.894. The zero-order chi connectivity index (χ0) is 17.3. The third-order valence-electron chi connectivity index (χ3n) is 4.98. The molecule has 0 radical (unpaired) electrons. The van der Waals surface area contributed by atoms with Crippen molar-refractivity contribution in [3.05, 3.63) is 35.4 Å². The maximum atomic E-state index is 12.6. The standard InChI is InChI=1S/C18H26F3NO/c1-16(2,8-11-22-12-9-17(3,23)10-13-22)14-4-6-15(7-5-14)18(19,20)21/h4-7,23H,8-13H2,1-3H3. The Morgan fingerprint density at radius 1 is 1.04 bits per heavy atom. The summed E-state index contributed by atoms with van der Waals surface area (Å²) in [7, 11) is 0. The van der Waals surface area contributed by atoms with Crippen LogP contribution in [0.3, 0.4) is 0 Å². The van der Waals surface area contributed by atoms with Crippen LogP contribution in [0.5, 0.6) is 0 Å². The molecule has 0 bridgehead atoms. The minimum Gasteiger partial charge on any atom is -0.390 e. The Morgan fingerprint density at radius 2 is 1.52 bits per heavy atom. The summed E-state index contributed by atoms with van der Waals surface area (Å²) in [5, 5.41) is 9.97. The number of likely N-dealkylation sites (tertiary alicyclic amines) is 1. The summed E-state index contributed by atoms with van der Waals surface area (Å²) < 4.78 is 37.9. The van der Waals surface area contributed by atoms with Gasteiger partial charge in [-0.2, -0.15) is 13.2 Å². The van der Waals surface area contributed by atoms with Crippen LogP contribution in [-0.4, -0.2) is 35.2 Å². The molecule has 130 valence electrons. The Labute approximate surface area is 136 Å². The first-order valence-corrected chi connectivity index (χ1v) is 8.12. The van der Waals surface area contributed by atoms with Crippen LogP contribution in [0.15, 0.2) is 24.3 Å². The van der Waals surface area contributed by atoms with Crippen molar-refractivity contribution in [1.82, 2.24) is 4.90 Å². The molecule has 0 atom stereocenters. The van der Waals surface area contributed by atoms with E-state index >= 15 is 0 Å². The summed E-state index contributed by atoms with van der Waals surface area (Å²) >= 11 is 0. The van der Waals surface area contributed by atoms with Crippen LogP contribution >= 0.6 is 0 Å². The van der Waals surface area contributed by atoms with E-state index in [0.29, 0.717) is 0 Å². The maximum absolute atomic E-state index is 12.6. The van der Waals surface area contributed by atoms with E-state index in [4.69, 9.17) is 0 Å². The average Bonchev–Trinajstić information content (AvgIpc) is 2.45. The summed E-state index contributed by atoms with van der Waals surface area (Å²) in [4.78, 5) is 2.32. The average molecular weight is 329 g/mol. The third-order valence-corrected chi connectivity index (χ3v) is 4.98. The first kappa shape index (κ1) is 18.3. The highest BCUT2D eigenvalue weighted by Crippen LogP contribution is 2.33. The molecule has 1 fully saturated rings. The summed E-state index contributed by atoms with van der Waals surface area (Å²) in [5.74, 6) is 0. The highest BCUT2D eigenvalue weighted by atomic mass is 19.4. The van der Waals surface area contributed by atoms with Crippen molar-refractivity contribution >= 4 is 0 Å². The van der Waals surface area contributed by atoms with Gasteiger partial charge in [0.15, 0.2) is 0 Å². The van der Waals surface area contributed by atoms with E-state index in [1.807, 2.05) is 6.92 Å². The highest BCUT2D eigenvalue weighted by Gasteiger charge is 2.32. The van der Waals surface area contributed by atoms with E-state index in [9.17, 15) is 18.3 Å². The second-order valence-corrected chi connectivity index (χ2v) is 7.55. The largest absolute Gasteiger partial charge is 0.416 e. The first-order valence-electron chi connectivity index (χ1n) is 8.12. The van der Waals surface area contributed by atoms with Crippen LogP contribution in [0.2, 0.25) is 0 Å². The number of piperidine rings is 1. The zero-order valence-electron chi connectivity index (χ0n) is 14.1. The van der Waals surface area contributed by atoms with Crippen molar-refractivity contribution in [2.24, 2.45) is 0 Å². The second-order valence-electron chi connectivity index (χ2n) is 7.55. The van der Waals surface area contributed by atoms with Crippen molar-refractivity contribution in [1.29, 1.82) is 0 Å². The fourth-order valence-electron chi connectivity index (χ4n) is 2.95. The van der Waals surface area contributed by atoms with Crippen molar-refractivity contribution in [2.45, 2.75) is 57.2 Å². The summed E-state index contributed by atoms with van der Waals surface area (Å²) in [6.07, 6.45) is -1.87. The van der Waals surface area contributed by atoms with Gasteiger partial charge in [0.05, 0.1) is 11.2 Å². The monoisotopic (exact) mass is 329 g/mol. The van der Waals surface area contributed by atoms with E-state index < -0.39 is 17.3 Å². The molecule has 5 heteroatoms. The van der Waals surface area contributed by atoms with Crippen molar-refractivity contribution in [3.63, 3.8) is 0 Å². The van der Waals surface area contributed by atoms with Gasteiger partial charge in [0.25, 0.3) is 0 Å². The minimum absolute atomic E-state index is 0.176. The molecule has 0 aromatic heterocycles. The number of halogens is 3. The van der Waals surface area contributed by atoms with Crippen molar-refractivity contribution in [2.75, 3.05) is 19.6 Å². The number of hydrogen-bond donors (Lipinski definition) is 1. The molecule has 23 heavy (non-hydrogen) atoms. The fourth-order valence-corrected chi connectivity index (χ4v) is 2.95. The Morgan fingerprint density at radius 3 is 2.00 bits per heavy atom. The van der Waals surface area contributed by atoms with Crippen LogP contribution < -0.4 is 0 Å². The van der Waals surface area contributed by atoms with Crippen molar-refractivity contribution < 1.29 is 18.3 Å². The lowest BCUT2D eigenvalue weighted by Crippen LogP contribution is -2.43. The predicted octanol–water partition coefficient (Wildman–Crippen LogP) is 4.22. The molecule has 1 N–H and O–H groups in total. The van der Waals surface area contributed by atoms with E-state index in [2.05, 4.69) is 18.7 Å². The van der Waals surface area contributed by atoms with Crippen LogP contribution in [0.1, 0.15) is 51.2 Å². The molecular weight excluding hydrogens is 303 g/mol. The number of aliphatic hydroxyl groups is 1. The van der Waals surface area contributed by atoms with Gasteiger partial charge in [-0.1, -0.05) is 26.0 Å². The van der Waals surface area contributed by atoms with Crippen LogP contribution in [0, 0.1) is 0 Å². The van der Waals surface area contributed by atoms with Gasteiger partial charge in [-0.25, -0.2) is 0 Å². The minimum atomic E-state index is -4.28. The molecule has 1 heterocycles. The van der Waals surface area contributed by atoms with E-state index in [-0.39, 0.29) is 5.41 Å².